The van der Waals surface area contributed by atoms with Gasteiger partial charge in [-0.15, -0.1) is 0 Å². The molecule has 0 aliphatic carbocycles. The predicted molar refractivity (Wildman–Crippen MR) is 68.4 cm³/mol. The SMILES string of the molecule is CCNC(C)(C)C(=O)Nc1cc(Cl)nc(Cl)n1. The summed E-state index contributed by atoms with van der Waals surface area (Å²) in [5, 5.41) is 5.85. The number of hydrogen-bond donors (Lipinski definition) is 2. The van der Waals surface area contributed by atoms with Gasteiger partial charge in [0.2, 0.25) is 11.2 Å². The van der Waals surface area contributed by atoms with Crippen LogP contribution in [0.1, 0.15) is 20.8 Å². The number of rotatable bonds is 4. The average Bonchev–Trinajstić information content (AvgIpc) is 2.15. The number of anilines is 1. The fraction of sp³-hybridized carbons (Fsp3) is 0.500. The summed E-state index contributed by atoms with van der Waals surface area (Å²) in [5.74, 6) is 0.0659. The third kappa shape index (κ3) is 4.11. The normalized spacial score (nSPS) is 11.4. The molecule has 0 unspecified atom stereocenters. The van der Waals surface area contributed by atoms with Crippen LogP contribution in [0.2, 0.25) is 10.4 Å². The Hall–Kier alpha value is -0.910. The van der Waals surface area contributed by atoms with Gasteiger partial charge in [0, 0.05) is 6.07 Å². The van der Waals surface area contributed by atoms with Crippen LogP contribution in [0.15, 0.2) is 6.07 Å². The lowest BCUT2D eigenvalue weighted by Crippen LogP contribution is -2.49. The van der Waals surface area contributed by atoms with Gasteiger partial charge in [-0.05, 0) is 32.0 Å². The van der Waals surface area contributed by atoms with Gasteiger partial charge in [0.05, 0.1) is 5.54 Å². The number of aromatic nitrogens is 2. The largest absolute Gasteiger partial charge is 0.309 e. The van der Waals surface area contributed by atoms with E-state index in [1.165, 1.54) is 6.07 Å². The van der Waals surface area contributed by atoms with E-state index in [1.54, 1.807) is 13.8 Å². The lowest BCUT2D eigenvalue weighted by molar-refractivity contribution is -0.121. The monoisotopic (exact) mass is 276 g/mol. The van der Waals surface area contributed by atoms with Crippen molar-refractivity contribution in [3.05, 3.63) is 16.5 Å². The molecule has 1 aromatic rings. The van der Waals surface area contributed by atoms with Crippen LogP contribution in [0.25, 0.3) is 0 Å². The van der Waals surface area contributed by atoms with Crippen molar-refractivity contribution in [2.45, 2.75) is 26.3 Å². The van der Waals surface area contributed by atoms with Crippen molar-refractivity contribution < 1.29 is 4.79 Å². The fourth-order valence-corrected chi connectivity index (χ4v) is 1.66. The summed E-state index contributed by atoms with van der Waals surface area (Å²) < 4.78 is 0. The Morgan fingerprint density at radius 2 is 2.06 bits per heavy atom. The molecule has 0 aliphatic heterocycles. The number of nitrogens with one attached hydrogen (secondary N) is 2. The van der Waals surface area contributed by atoms with Crippen LogP contribution >= 0.6 is 23.2 Å². The second kappa shape index (κ2) is 5.62. The molecule has 0 aromatic carbocycles. The van der Waals surface area contributed by atoms with E-state index >= 15 is 0 Å². The summed E-state index contributed by atoms with van der Waals surface area (Å²) in [5.41, 5.74) is -0.696. The third-order valence-electron chi connectivity index (χ3n) is 2.10. The van der Waals surface area contributed by atoms with Crippen LogP contribution in [0.5, 0.6) is 0 Å². The van der Waals surface area contributed by atoms with Crippen LogP contribution in [-0.4, -0.2) is 28.0 Å². The summed E-state index contributed by atoms with van der Waals surface area (Å²) >= 11 is 11.3. The first-order chi connectivity index (χ1) is 7.85. The van der Waals surface area contributed by atoms with Crippen LogP contribution < -0.4 is 10.6 Å². The first kappa shape index (κ1) is 14.2. The fourth-order valence-electron chi connectivity index (χ4n) is 1.25. The smallest absolute Gasteiger partial charge is 0.245 e. The molecule has 0 aliphatic rings. The minimum Gasteiger partial charge on any atom is -0.309 e. The van der Waals surface area contributed by atoms with Crippen molar-refractivity contribution >= 4 is 34.9 Å². The van der Waals surface area contributed by atoms with Gasteiger partial charge in [-0.3, -0.25) is 4.79 Å². The van der Waals surface area contributed by atoms with Gasteiger partial charge in [0.1, 0.15) is 11.0 Å². The molecule has 0 fully saturated rings. The number of halogens is 2. The number of amides is 1. The molecule has 94 valence electrons. The van der Waals surface area contributed by atoms with Crippen molar-refractivity contribution in [2.75, 3.05) is 11.9 Å². The summed E-state index contributed by atoms with van der Waals surface area (Å²) in [7, 11) is 0. The molecule has 0 spiro atoms. The zero-order valence-electron chi connectivity index (χ0n) is 9.84. The van der Waals surface area contributed by atoms with Gasteiger partial charge in [0.25, 0.3) is 0 Å². The van der Waals surface area contributed by atoms with Gasteiger partial charge < -0.3 is 10.6 Å². The van der Waals surface area contributed by atoms with E-state index in [0.29, 0.717) is 6.54 Å². The third-order valence-corrected chi connectivity index (χ3v) is 2.46. The van der Waals surface area contributed by atoms with Crippen molar-refractivity contribution in [1.29, 1.82) is 0 Å². The molecular formula is C10H14Cl2N4O. The summed E-state index contributed by atoms with van der Waals surface area (Å²) in [6.45, 7) is 6.16. The van der Waals surface area contributed by atoms with E-state index in [4.69, 9.17) is 23.2 Å². The Balaban J connectivity index is 2.80. The molecule has 0 saturated carbocycles. The maximum absolute atomic E-state index is 11.9. The number of likely N-dealkylation sites (N-methyl/N-ethyl adjacent to an activating group) is 1. The first-order valence-electron chi connectivity index (χ1n) is 5.11. The van der Waals surface area contributed by atoms with E-state index in [1.807, 2.05) is 6.92 Å². The molecular weight excluding hydrogens is 263 g/mol. The molecule has 0 saturated heterocycles. The van der Waals surface area contributed by atoms with Gasteiger partial charge in [0.15, 0.2) is 0 Å². The molecule has 1 aromatic heterocycles. The van der Waals surface area contributed by atoms with E-state index in [2.05, 4.69) is 20.6 Å². The van der Waals surface area contributed by atoms with Crippen LogP contribution in [-0.2, 0) is 4.79 Å². The Labute approximate surface area is 110 Å². The quantitative estimate of drug-likeness (QED) is 0.653. The van der Waals surface area contributed by atoms with Crippen molar-refractivity contribution in [1.82, 2.24) is 15.3 Å². The minimum atomic E-state index is -0.696. The summed E-state index contributed by atoms with van der Waals surface area (Å²) in [6, 6.07) is 1.44. The molecule has 1 amide bonds. The molecule has 7 heteroatoms. The standard InChI is InChI=1S/C10H14Cl2N4O/c1-4-13-10(2,3)8(17)15-7-5-6(11)14-9(12)16-7/h5,13H,4H2,1-3H3,(H,14,15,16,17). The molecule has 1 heterocycles. The highest BCUT2D eigenvalue weighted by atomic mass is 35.5. The zero-order chi connectivity index (χ0) is 13.1. The molecule has 0 atom stereocenters. The Morgan fingerprint density at radius 1 is 1.41 bits per heavy atom. The highest BCUT2D eigenvalue weighted by molar-refractivity contribution is 6.32. The van der Waals surface area contributed by atoms with Gasteiger partial charge >= 0.3 is 0 Å². The molecule has 5 nitrogen and oxygen atoms in total. The van der Waals surface area contributed by atoms with Crippen LogP contribution in [0, 0.1) is 0 Å². The average molecular weight is 277 g/mol. The highest BCUT2D eigenvalue weighted by Crippen LogP contribution is 2.15. The second-order valence-corrected chi connectivity index (χ2v) is 4.68. The van der Waals surface area contributed by atoms with Crippen LogP contribution in [0.3, 0.4) is 0 Å². The predicted octanol–water partition coefficient (Wildman–Crippen LogP) is 2.11. The molecule has 1 rings (SSSR count). The van der Waals surface area contributed by atoms with E-state index in [-0.39, 0.29) is 22.2 Å². The van der Waals surface area contributed by atoms with E-state index in [9.17, 15) is 4.79 Å². The maximum Gasteiger partial charge on any atom is 0.245 e. The molecule has 17 heavy (non-hydrogen) atoms. The Kier molecular flexibility index (Phi) is 4.68. The van der Waals surface area contributed by atoms with Crippen molar-refractivity contribution in [2.24, 2.45) is 0 Å². The number of hydrogen-bond acceptors (Lipinski definition) is 4. The Bertz CT molecular complexity index is 403. The minimum absolute atomic E-state index is 0.00550. The lowest BCUT2D eigenvalue weighted by atomic mass is 10.0. The molecule has 2 N–H and O–H groups in total. The molecule has 0 radical (unpaired) electrons. The lowest BCUT2D eigenvalue weighted by Gasteiger charge is -2.24. The summed E-state index contributed by atoms with van der Waals surface area (Å²) in [6.07, 6.45) is 0. The molecule has 0 bridgehead atoms. The number of nitrogens with zero attached hydrogens (tertiary/aromatic N) is 2. The van der Waals surface area contributed by atoms with Gasteiger partial charge in [-0.2, -0.15) is 0 Å². The number of carbonyl (C=O) groups excluding carboxylic acids is 1. The van der Waals surface area contributed by atoms with Gasteiger partial charge in [-0.1, -0.05) is 18.5 Å². The highest BCUT2D eigenvalue weighted by Gasteiger charge is 2.26. The van der Waals surface area contributed by atoms with Crippen LogP contribution in [0.4, 0.5) is 5.82 Å². The number of carbonyl (C=O) groups is 1. The van der Waals surface area contributed by atoms with Crippen molar-refractivity contribution in [3.8, 4) is 0 Å². The van der Waals surface area contributed by atoms with E-state index < -0.39 is 5.54 Å². The maximum atomic E-state index is 11.9. The second-order valence-electron chi connectivity index (χ2n) is 3.95. The van der Waals surface area contributed by atoms with E-state index in [0.717, 1.165) is 0 Å². The zero-order valence-corrected chi connectivity index (χ0v) is 11.4. The first-order valence-corrected chi connectivity index (χ1v) is 5.87. The van der Waals surface area contributed by atoms with Crippen molar-refractivity contribution in [3.63, 3.8) is 0 Å². The topological polar surface area (TPSA) is 66.9 Å². The summed E-state index contributed by atoms with van der Waals surface area (Å²) in [4.78, 5) is 19.5. The Morgan fingerprint density at radius 3 is 2.59 bits per heavy atom. The van der Waals surface area contributed by atoms with Gasteiger partial charge in [-0.25, -0.2) is 9.97 Å².